The van der Waals surface area contributed by atoms with Crippen LogP contribution in [0, 0.1) is 0 Å². The predicted molar refractivity (Wildman–Crippen MR) is 86.3 cm³/mol. The number of hydrogen-bond acceptors (Lipinski definition) is 3. The molecule has 122 valence electrons. The Morgan fingerprint density at radius 1 is 1.00 bits per heavy atom. The lowest BCUT2D eigenvalue weighted by atomic mass is 10.0. The Balaban J connectivity index is 1.76. The molecule has 2 heterocycles. The first-order valence-electron chi connectivity index (χ1n) is 9.19. The van der Waals surface area contributed by atoms with Gasteiger partial charge in [0.25, 0.3) is 0 Å². The van der Waals surface area contributed by atoms with E-state index in [9.17, 15) is 4.79 Å². The number of ether oxygens (including phenoxy) is 1. The van der Waals surface area contributed by atoms with Gasteiger partial charge in [0.05, 0.1) is 13.0 Å². The third-order valence-electron chi connectivity index (χ3n) is 5.28. The van der Waals surface area contributed by atoms with Crippen LogP contribution in [0.25, 0.3) is 0 Å². The van der Waals surface area contributed by atoms with Crippen molar-refractivity contribution >= 4 is 5.97 Å². The monoisotopic (exact) mass is 295 g/mol. The van der Waals surface area contributed by atoms with E-state index in [0.717, 1.165) is 12.1 Å². The van der Waals surface area contributed by atoms with Crippen LogP contribution in [0.5, 0.6) is 0 Å². The molecule has 3 atom stereocenters. The fraction of sp³-hybridized carbons (Fsp3) is 0.944. The highest BCUT2D eigenvalue weighted by Gasteiger charge is 2.42. The molecule has 0 aromatic carbocycles. The van der Waals surface area contributed by atoms with Crippen molar-refractivity contribution in [2.75, 3.05) is 6.61 Å². The van der Waals surface area contributed by atoms with Crippen molar-refractivity contribution in [1.82, 2.24) is 4.90 Å². The van der Waals surface area contributed by atoms with Gasteiger partial charge in [0.2, 0.25) is 0 Å². The third-order valence-corrected chi connectivity index (χ3v) is 5.28. The zero-order chi connectivity index (χ0) is 15.1. The fourth-order valence-corrected chi connectivity index (χ4v) is 4.30. The number of nitrogens with zero attached hydrogens (tertiary/aromatic N) is 1. The summed E-state index contributed by atoms with van der Waals surface area (Å²) in [4.78, 5) is 14.5. The van der Waals surface area contributed by atoms with Crippen LogP contribution < -0.4 is 0 Å². The minimum atomic E-state index is -0.00301. The maximum absolute atomic E-state index is 11.8. The fourth-order valence-electron chi connectivity index (χ4n) is 4.30. The van der Waals surface area contributed by atoms with Crippen LogP contribution >= 0.6 is 0 Å². The van der Waals surface area contributed by atoms with Gasteiger partial charge in [-0.25, -0.2) is 0 Å². The second-order valence-corrected chi connectivity index (χ2v) is 6.78. The molecule has 0 radical (unpaired) electrons. The molecule has 2 aliphatic rings. The molecule has 3 nitrogen and oxygen atoms in total. The Hall–Kier alpha value is -0.570. The molecule has 2 fully saturated rings. The highest BCUT2D eigenvalue weighted by Crippen LogP contribution is 2.39. The first-order valence-corrected chi connectivity index (χ1v) is 9.19. The molecule has 0 aliphatic carbocycles. The highest BCUT2D eigenvalue weighted by molar-refractivity contribution is 5.70. The van der Waals surface area contributed by atoms with Crippen LogP contribution in [0.15, 0.2) is 0 Å². The number of carbonyl (C=O) groups excluding carboxylic acids is 1. The molecule has 0 aromatic rings. The quantitative estimate of drug-likeness (QED) is 0.469. The Bertz CT molecular complexity index is 318. The molecule has 0 saturated carbocycles. The van der Waals surface area contributed by atoms with Crippen LogP contribution in [0.1, 0.15) is 84.5 Å². The van der Waals surface area contributed by atoms with Gasteiger partial charge in [-0.3, -0.25) is 9.69 Å². The van der Waals surface area contributed by atoms with Crippen LogP contribution in [-0.4, -0.2) is 35.6 Å². The standard InChI is InChI=1S/C18H33NO2/c1-3-5-6-7-8-9-15-10-11-16-12-13-17(19(15)16)14-18(20)21-4-2/h15-17H,3-14H2,1-2H3/t15-,16-,17+/m1/s1. The Morgan fingerprint density at radius 2 is 1.71 bits per heavy atom. The van der Waals surface area contributed by atoms with E-state index in [0.29, 0.717) is 19.1 Å². The van der Waals surface area contributed by atoms with Gasteiger partial charge < -0.3 is 4.74 Å². The first kappa shape index (κ1) is 16.8. The molecule has 0 bridgehead atoms. The van der Waals surface area contributed by atoms with E-state index in [4.69, 9.17) is 4.74 Å². The number of rotatable bonds is 9. The Kier molecular flexibility index (Phi) is 7.01. The van der Waals surface area contributed by atoms with Gasteiger partial charge in [-0.15, -0.1) is 0 Å². The Labute approximate surface area is 130 Å². The highest BCUT2D eigenvalue weighted by atomic mass is 16.5. The van der Waals surface area contributed by atoms with Gasteiger partial charge in [0.15, 0.2) is 0 Å². The van der Waals surface area contributed by atoms with Crippen molar-refractivity contribution in [3.8, 4) is 0 Å². The molecule has 0 spiro atoms. The maximum Gasteiger partial charge on any atom is 0.307 e. The topological polar surface area (TPSA) is 29.5 Å². The van der Waals surface area contributed by atoms with Gasteiger partial charge in [-0.05, 0) is 39.0 Å². The zero-order valence-electron chi connectivity index (χ0n) is 14.0. The zero-order valence-corrected chi connectivity index (χ0v) is 14.0. The lowest BCUT2D eigenvalue weighted by molar-refractivity contribution is -0.144. The van der Waals surface area contributed by atoms with Crippen molar-refractivity contribution in [3.05, 3.63) is 0 Å². The SMILES string of the molecule is CCCCCCC[C@@H]1CC[C@@H]2CC[C@@H](CC(=O)OCC)N21. The summed E-state index contributed by atoms with van der Waals surface area (Å²) in [5, 5.41) is 0. The van der Waals surface area contributed by atoms with E-state index in [1.165, 1.54) is 64.2 Å². The predicted octanol–water partition coefficient (Wildman–Crippen LogP) is 4.30. The third kappa shape index (κ3) is 4.70. The molecule has 0 N–H and O–H groups in total. The molecule has 0 unspecified atom stereocenters. The molecule has 2 rings (SSSR count). The average Bonchev–Trinajstić information content (AvgIpc) is 3.03. The van der Waals surface area contributed by atoms with E-state index in [2.05, 4.69) is 11.8 Å². The normalized spacial score (nSPS) is 28.8. The summed E-state index contributed by atoms with van der Waals surface area (Å²) in [5.41, 5.74) is 0. The van der Waals surface area contributed by atoms with Crippen molar-refractivity contribution in [1.29, 1.82) is 0 Å². The minimum Gasteiger partial charge on any atom is -0.466 e. The molecular weight excluding hydrogens is 262 g/mol. The summed E-state index contributed by atoms with van der Waals surface area (Å²) in [5.74, 6) is -0.00301. The largest absolute Gasteiger partial charge is 0.466 e. The maximum atomic E-state index is 11.8. The van der Waals surface area contributed by atoms with E-state index in [1.54, 1.807) is 0 Å². The van der Waals surface area contributed by atoms with Crippen molar-refractivity contribution in [3.63, 3.8) is 0 Å². The van der Waals surface area contributed by atoms with E-state index < -0.39 is 0 Å². The first-order chi connectivity index (χ1) is 10.3. The van der Waals surface area contributed by atoms with Crippen LogP contribution in [0.2, 0.25) is 0 Å². The molecule has 0 amide bonds. The van der Waals surface area contributed by atoms with Gasteiger partial charge >= 0.3 is 5.97 Å². The van der Waals surface area contributed by atoms with Gasteiger partial charge in [0.1, 0.15) is 0 Å². The van der Waals surface area contributed by atoms with Crippen LogP contribution in [-0.2, 0) is 9.53 Å². The van der Waals surface area contributed by atoms with Crippen LogP contribution in [0.3, 0.4) is 0 Å². The minimum absolute atomic E-state index is 0.00301. The summed E-state index contributed by atoms with van der Waals surface area (Å²) in [7, 11) is 0. The number of carbonyl (C=O) groups is 1. The smallest absolute Gasteiger partial charge is 0.307 e. The molecule has 21 heavy (non-hydrogen) atoms. The van der Waals surface area contributed by atoms with Crippen molar-refractivity contribution in [2.45, 2.75) is 103 Å². The lowest BCUT2D eigenvalue weighted by Crippen LogP contribution is -2.39. The lowest BCUT2D eigenvalue weighted by Gasteiger charge is -2.30. The number of hydrogen-bond donors (Lipinski definition) is 0. The second kappa shape index (κ2) is 8.77. The van der Waals surface area contributed by atoms with E-state index >= 15 is 0 Å². The average molecular weight is 295 g/mol. The van der Waals surface area contributed by atoms with E-state index in [-0.39, 0.29) is 5.97 Å². The molecule has 2 saturated heterocycles. The summed E-state index contributed by atoms with van der Waals surface area (Å²) >= 11 is 0. The summed E-state index contributed by atoms with van der Waals surface area (Å²) in [6.07, 6.45) is 13.9. The second-order valence-electron chi connectivity index (χ2n) is 6.78. The summed E-state index contributed by atoms with van der Waals surface area (Å²) in [6, 6.07) is 1.95. The number of fused-ring (bicyclic) bond motifs is 1. The van der Waals surface area contributed by atoms with E-state index in [1.807, 2.05) is 6.92 Å². The van der Waals surface area contributed by atoms with Crippen molar-refractivity contribution in [2.24, 2.45) is 0 Å². The number of unbranched alkanes of at least 4 members (excludes halogenated alkanes) is 4. The van der Waals surface area contributed by atoms with Crippen LogP contribution in [0.4, 0.5) is 0 Å². The molecule has 0 aromatic heterocycles. The Morgan fingerprint density at radius 3 is 2.43 bits per heavy atom. The molecule has 3 heteroatoms. The van der Waals surface area contributed by atoms with Gasteiger partial charge in [-0.1, -0.05) is 39.0 Å². The summed E-state index contributed by atoms with van der Waals surface area (Å²) < 4.78 is 5.15. The molecular formula is C18H33NO2. The van der Waals surface area contributed by atoms with Gasteiger partial charge in [-0.2, -0.15) is 0 Å². The molecule has 2 aliphatic heterocycles. The summed E-state index contributed by atoms with van der Waals surface area (Å²) in [6.45, 7) is 4.67. The van der Waals surface area contributed by atoms with Gasteiger partial charge in [0, 0.05) is 18.1 Å². The van der Waals surface area contributed by atoms with Crippen molar-refractivity contribution < 1.29 is 9.53 Å². The number of esters is 1.